The first-order valence-corrected chi connectivity index (χ1v) is 7.72. The first kappa shape index (κ1) is 15.0. The van der Waals surface area contributed by atoms with Crippen molar-refractivity contribution in [2.24, 2.45) is 0 Å². The van der Waals surface area contributed by atoms with Crippen LogP contribution < -0.4 is 4.72 Å². The molecule has 0 aliphatic rings. The maximum absolute atomic E-state index is 12.2. The van der Waals surface area contributed by atoms with E-state index in [0.717, 1.165) is 5.56 Å². The van der Waals surface area contributed by atoms with Gasteiger partial charge in [0.15, 0.2) is 0 Å². The largest absolute Gasteiger partial charge is 0.392 e. The van der Waals surface area contributed by atoms with Crippen LogP contribution in [0.1, 0.15) is 11.1 Å². The Morgan fingerprint density at radius 3 is 2.10 bits per heavy atom. The van der Waals surface area contributed by atoms with E-state index >= 15 is 0 Å². The van der Waals surface area contributed by atoms with Crippen molar-refractivity contribution in [2.75, 3.05) is 4.72 Å². The summed E-state index contributed by atoms with van der Waals surface area (Å²) in [7, 11) is -3.66. The molecule has 108 valence electrons. The monoisotopic (exact) mass is 302 g/mol. The van der Waals surface area contributed by atoms with Gasteiger partial charge in [-0.25, -0.2) is 8.42 Å². The molecule has 0 saturated carbocycles. The number of aliphatic hydroxyl groups is 1. The molecule has 5 nitrogen and oxygen atoms in total. The van der Waals surface area contributed by atoms with Crippen molar-refractivity contribution >= 4 is 15.7 Å². The van der Waals surface area contributed by atoms with Crippen molar-refractivity contribution in [3.63, 3.8) is 0 Å². The van der Waals surface area contributed by atoms with Crippen molar-refractivity contribution in [1.29, 1.82) is 5.26 Å². The zero-order valence-electron chi connectivity index (χ0n) is 11.2. The Hall–Kier alpha value is -2.36. The van der Waals surface area contributed by atoms with Crippen LogP contribution in [0.5, 0.6) is 0 Å². The number of hydrogen-bond donors (Lipinski definition) is 2. The third-order valence-corrected chi connectivity index (χ3v) is 4.30. The predicted octanol–water partition coefficient (Wildman–Crippen LogP) is 2.05. The predicted molar refractivity (Wildman–Crippen MR) is 78.9 cm³/mol. The average molecular weight is 302 g/mol. The lowest BCUT2D eigenvalue weighted by Crippen LogP contribution is -2.12. The number of nitrogens with zero attached hydrogens (tertiary/aromatic N) is 1. The molecule has 0 radical (unpaired) electrons. The van der Waals surface area contributed by atoms with E-state index < -0.39 is 10.0 Å². The zero-order chi connectivity index (χ0) is 15.3. The van der Waals surface area contributed by atoms with Gasteiger partial charge in [-0.2, -0.15) is 5.26 Å². The molecule has 2 aromatic carbocycles. The van der Waals surface area contributed by atoms with Crippen LogP contribution in [-0.2, 0) is 23.1 Å². The summed E-state index contributed by atoms with van der Waals surface area (Å²) >= 11 is 0. The van der Waals surface area contributed by atoms with E-state index in [0.29, 0.717) is 11.3 Å². The maximum atomic E-state index is 12.2. The van der Waals surface area contributed by atoms with Crippen molar-refractivity contribution in [3.8, 4) is 6.07 Å². The summed E-state index contributed by atoms with van der Waals surface area (Å²) in [5.41, 5.74) is 1.90. The first-order chi connectivity index (χ1) is 10.0. The fourth-order valence-corrected chi connectivity index (χ4v) is 2.83. The normalized spacial score (nSPS) is 10.9. The number of sulfonamides is 1. The highest BCUT2D eigenvalue weighted by Crippen LogP contribution is 2.17. The van der Waals surface area contributed by atoms with Crippen LogP contribution in [0.25, 0.3) is 0 Å². The lowest BCUT2D eigenvalue weighted by Gasteiger charge is -2.09. The lowest BCUT2D eigenvalue weighted by atomic mass is 10.2. The van der Waals surface area contributed by atoms with Crippen LogP contribution >= 0.6 is 0 Å². The molecule has 0 aliphatic carbocycles. The molecule has 0 aromatic heterocycles. The molecule has 0 fully saturated rings. The number of hydrogen-bond acceptors (Lipinski definition) is 4. The average Bonchev–Trinajstić information content (AvgIpc) is 2.48. The van der Waals surface area contributed by atoms with Crippen molar-refractivity contribution in [1.82, 2.24) is 0 Å². The van der Waals surface area contributed by atoms with Crippen LogP contribution in [0.3, 0.4) is 0 Å². The minimum atomic E-state index is -3.66. The summed E-state index contributed by atoms with van der Waals surface area (Å²) in [6.07, 6.45) is 0.246. The van der Waals surface area contributed by atoms with E-state index in [1.807, 2.05) is 6.07 Å². The van der Waals surface area contributed by atoms with Crippen LogP contribution in [0, 0.1) is 11.3 Å². The molecule has 0 amide bonds. The smallest absolute Gasteiger partial charge is 0.261 e. The van der Waals surface area contributed by atoms with E-state index in [9.17, 15) is 8.42 Å². The minimum Gasteiger partial charge on any atom is -0.392 e. The van der Waals surface area contributed by atoms with Gasteiger partial charge in [0.2, 0.25) is 0 Å². The molecule has 0 aliphatic heterocycles. The second kappa shape index (κ2) is 6.39. The molecule has 0 saturated heterocycles. The van der Waals surface area contributed by atoms with Crippen molar-refractivity contribution < 1.29 is 13.5 Å². The number of benzene rings is 2. The van der Waals surface area contributed by atoms with E-state index in [2.05, 4.69) is 4.72 Å². The molecule has 0 spiro atoms. The molecule has 2 N–H and O–H groups in total. The summed E-state index contributed by atoms with van der Waals surface area (Å²) < 4.78 is 26.9. The molecule has 6 heteroatoms. The van der Waals surface area contributed by atoms with E-state index in [-0.39, 0.29) is 17.9 Å². The van der Waals surface area contributed by atoms with Gasteiger partial charge in [-0.1, -0.05) is 24.3 Å². The SMILES string of the molecule is N#CCc1ccc(S(=O)(=O)Nc2ccc(CO)cc2)cc1. The van der Waals surface area contributed by atoms with Gasteiger partial charge in [0, 0.05) is 5.69 Å². The van der Waals surface area contributed by atoms with Crippen LogP contribution in [0.4, 0.5) is 5.69 Å². The highest BCUT2D eigenvalue weighted by atomic mass is 32.2. The topological polar surface area (TPSA) is 90.2 Å². The van der Waals surface area contributed by atoms with E-state index in [4.69, 9.17) is 10.4 Å². The third-order valence-electron chi connectivity index (χ3n) is 2.91. The van der Waals surface area contributed by atoms with Gasteiger partial charge in [0.25, 0.3) is 10.0 Å². The molecule has 0 unspecified atom stereocenters. The van der Waals surface area contributed by atoms with Gasteiger partial charge < -0.3 is 5.11 Å². The maximum Gasteiger partial charge on any atom is 0.261 e. The summed E-state index contributed by atoms with van der Waals surface area (Å²) in [6.45, 7) is -0.0899. The highest BCUT2D eigenvalue weighted by molar-refractivity contribution is 7.92. The Morgan fingerprint density at radius 2 is 1.57 bits per heavy atom. The summed E-state index contributed by atoms with van der Waals surface area (Å²) in [6, 6.07) is 14.7. The summed E-state index contributed by atoms with van der Waals surface area (Å²) in [5.74, 6) is 0. The summed E-state index contributed by atoms with van der Waals surface area (Å²) in [5, 5.41) is 17.5. The van der Waals surface area contributed by atoms with Gasteiger partial charge in [-0.3, -0.25) is 4.72 Å². The molecule has 2 aromatic rings. The number of rotatable bonds is 5. The Morgan fingerprint density at radius 1 is 1.00 bits per heavy atom. The quantitative estimate of drug-likeness (QED) is 0.884. The van der Waals surface area contributed by atoms with Crippen molar-refractivity contribution in [2.45, 2.75) is 17.9 Å². The third kappa shape index (κ3) is 3.81. The molecule has 0 heterocycles. The van der Waals surface area contributed by atoms with Gasteiger partial charge >= 0.3 is 0 Å². The highest BCUT2D eigenvalue weighted by Gasteiger charge is 2.13. The van der Waals surface area contributed by atoms with E-state index in [1.165, 1.54) is 12.1 Å². The van der Waals surface area contributed by atoms with Crippen LogP contribution in [0.15, 0.2) is 53.4 Å². The first-order valence-electron chi connectivity index (χ1n) is 6.23. The minimum absolute atomic E-state index is 0.0899. The number of nitrogens with one attached hydrogen (secondary N) is 1. The molecule has 0 bridgehead atoms. The Bertz CT molecular complexity index is 745. The van der Waals surface area contributed by atoms with Gasteiger partial charge in [0.05, 0.1) is 24.0 Å². The van der Waals surface area contributed by atoms with Gasteiger partial charge in [0.1, 0.15) is 0 Å². The van der Waals surface area contributed by atoms with Crippen LogP contribution in [-0.4, -0.2) is 13.5 Å². The fraction of sp³-hybridized carbons (Fsp3) is 0.133. The van der Waals surface area contributed by atoms with E-state index in [1.54, 1.807) is 36.4 Å². The van der Waals surface area contributed by atoms with Gasteiger partial charge in [-0.15, -0.1) is 0 Å². The zero-order valence-corrected chi connectivity index (χ0v) is 12.0. The Labute approximate surface area is 123 Å². The standard InChI is InChI=1S/C15H14N2O3S/c16-10-9-12-3-7-15(8-4-12)21(19,20)17-14-5-1-13(11-18)2-6-14/h1-8,17-18H,9,11H2. The molecular weight excluding hydrogens is 288 g/mol. The second-order valence-electron chi connectivity index (χ2n) is 4.44. The number of anilines is 1. The van der Waals surface area contributed by atoms with Gasteiger partial charge in [-0.05, 0) is 35.4 Å². The fourth-order valence-electron chi connectivity index (χ4n) is 1.77. The number of nitriles is 1. The van der Waals surface area contributed by atoms with Crippen molar-refractivity contribution in [3.05, 3.63) is 59.7 Å². The molecule has 2 rings (SSSR count). The molecular formula is C15H14N2O3S. The summed E-state index contributed by atoms with van der Waals surface area (Å²) in [4.78, 5) is 0.135. The second-order valence-corrected chi connectivity index (χ2v) is 6.12. The molecule has 0 atom stereocenters. The lowest BCUT2D eigenvalue weighted by molar-refractivity contribution is 0.282. The van der Waals surface area contributed by atoms with Crippen LogP contribution in [0.2, 0.25) is 0 Å². The Balaban J connectivity index is 2.19. The molecule has 21 heavy (non-hydrogen) atoms. The number of aliphatic hydroxyl groups excluding tert-OH is 1. The Kier molecular flexibility index (Phi) is 4.58.